The third-order valence-electron chi connectivity index (χ3n) is 2.95. The Labute approximate surface area is 175 Å². The summed E-state index contributed by atoms with van der Waals surface area (Å²) in [4.78, 5) is 23.6. The van der Waals surface area contributed by atoms with Crippen LogP contribution in [0.5, 0.6) is 0 Å². The van der Waals surface area contributed by atoms with Crippen LogP contribution in [-0.4, -0.2) is 22.1 Å². The summed E-state index contributed by atoms with van der Waals surface area (Å²) in [6.07, 6.45) is 0. The first kappa shape index (κ1) is 20.1. The van der Waals surface area contributed by atoms with Crippen molar-refractivity contribution in [2.45, 2.75) is 0 Å². The second-order valence-electron chi connectivity index (χ2n) is 4.62. The lowest BCUT2D eigenvalue weighted by atomic mass is 10.2. The molecule has 10 heteroatoms. The fourth-order valence-electron chi connectivity index (χ4n) is 1.86. The van der Waals surface area contributed by atoms with E-state index in [0.717, 1.165) is 0 Å². The highest BCUT2D eigenvalue weighted by molar-refractivity contribution is 9.11. The molecule has 0 unspecified atom stereocenters. The van der Waals surface area contributed by atoms with Crippen LogP contribution in [0.1, 0.15) is 20.7 Å². The molecule has 2 aromatic carbocycles. The minimum Gasteiger partial charge on any atom is -0.478 e. The SMILES string of the molecule is O=C(NC(=S)Nc1c(Br)cc(Br)cc1C(=O)O)c1cccc(Cl)c1Cl. The fourth-order valence-corrected chi connectivity index (χ4v) is 3.77. The smallest absolute Gasteiger partial charge is 0.337 e. The lowest BCUT2D eigenvalue weighted by Crippen LogP contribution is -2.34. The first-order valence-corrected chi connectivity index (χ1v) is 9.24. The summed E-state index contributed by atoms with van der Waals surface area (Å²) in [5.74, 6) is -1.73. The van der Waals surface area contributed by atoms with Gasteiger partial charge in [-0.05, 0) is 52.4 Å². The second-order valence-corrected chi connectivity index (χ2v) is 7.59. The lowest BCUT2D eigenvalue weighted by Gasteiger charge is -2.14. The number of benzene rings is 2. The number of halogens is 4. The Bertz CT molecular complexity index is 893. The van der Waals surface area contributed by atoms with E-state index in [2.05, 4.69) is 42.5 Å². The van der Waals surface area contributed by atoms with E-state index in [9.17, 15) is 14.7 Å². The van der Waals surface area contributed by atoms with Gasteiger partial charge in [0.05, 0.1) is 26.9 Å². The Morgan fingerprint density at radius 3 is 2.44 bits per heavy atom. The van der Waals surface area contributed by atoms with Gasteiger partial charge in [-0.3, -0.25) is 10.1 Å². The predicted octanol–water partition coefficient (Wildman–Crippen LogP) is 5.34. The topological polar surface area (TPSA) is 78.4 Å². The normalized spacial score (nSPS) is 10.2. The van der Waals surface area contributed by atoms with Crippen LogP contribution in [0.3, 0.4) is 0 Å². The molecule has 0 spiro atoms. The monoisotopic (exact) mass is 524 g/mol. The molecule has 25 heavy (non-hydrogen) atoms. The molecule has 0 radical (unpaired) electrons. The zero-order valence-corrected chi connectivity index (χ0v) is 17.6. The summed E-state index contributed by atoms with van der Waals surface area (Å²) in [7, 11) is 0. The Hall–Kier alpha value is -1.19. The van der Waals surface area contributed by atoms with Crippen molar-refractivity contribution in [1.29, 1.82) is 0 Å². The average Bonchev–Trinajstić information content (AvgIpc) is 2.52. The highest BCUT2D eigenvalue weighted by Gasteiger charge is 2.18. The number of carbonyl (C=O) groups is 2. The van der Waals surface area contributed by atoms with Crippen molar-refractivity contribution in [3.63, 3.8) is 0 Å². The minimum absolute atomic E-state index is 0.0290. The van der Waals surface area contributed by atoms with E-state index in [1.165, 1.54) is 12.1 Å². The summed E-state index contributed by atoms with van der Waals surface area (Å²) in [5, 5.41) is 14.7. The van der Waals surface area contributed by atoms with Crippen molar-refractivity contribution in [3.05, 3.63) is 60.4 Å². The van der Waals surface area contributed by atoms with E-state index >= 15 is 0 Å². The average molecular weight is 527 g/mol. The Kier molecular flexibility index (Phi) is 6.81. The summed E-state index contributed by atoms with van der Waals surface area (Å²) in [6, 6.07) is 7.67. The first-order chi connectivity index (χ1) is 11.7. The molecule has 2 rings (SSSR count). The Morgan fingerprint density at radius 2 is 1.80 bits per heavy atom. The maximum absolute atomic E-state index is 12.3. The van der Waals surface area contributed by atoms with Crippen LogP contribution in [-0.2, 0) is 0 Å². The second kappa shape index (κ2) is 8.46. The molecule has 0 aliphatic rings. The predicted molar refractivity (Wildman–Crippen MR) is 109 cm³/mol. The maximum Gasteiger partial charge on any atom is 0.337 e. The van der Waals surface area contributed by atoms with E-state index in [-0.39, 0.29) is 32.0 Å². The van der Waals surface area contributed by atoms with Crippen LogP contribution in [0, 0.1) is 0 Å². The molecule has 3 N–H and O–H groups in total. The number of amides is 1. The molecule has 0 heterocycles. The van der Waals surface area contributed by atoms with Gasteiger partial charge >= 0.3 is 5.97 Å². The van der Waals surface area contributed by atoms with Gasteiger partial charge in [0.2, 0.25) is 0 Å². The molecule has 130 valence electrons. The first-order valence-electron chi connectivity index (χ1n) is 6.49. The van der Waals surface area contributed by atoms with Gasteiger partial charge in [-0.25, -0.2) is 4.79 Å². The van der Waals surface area contributed by atoms with Gasteiger partial charge < -0.3 is 10.4 Å². The van der Waals surface area contributed by atoms with Crippen molar-refractivity contribution in [2.75, 3.05) is 5.32 Å². The summed E-state index contributed by atoms with van der Waals surface area (Å²) >= 11 is 23.4. The maximum atomic E-state index is 12.3. The van der Waals surface area contributed by atoms with E-state index in [0.29, 0.717) is 8.95 Å². The molecule has 0 aliphatic heterocycles. The standard InChI is InChI=1S/C15H8Br2Cl2N2O3S/c16-6-4-8(14(23)24)12(9(17)5-6)20-15(25)21-13(22)7-2-1-3-10(18)11(7)19/h1-5H,(H,23,24)(H2,20,21,22,25). The van der Waals surface area contributed by atoms with Crippen molar-refractivity contribution < 1.29 is 14.7 Å². The molecule has 5 nitrogen and oxygen atoms in total. The van der Waals surface area contributed by atoms with E-state index < -0.39 is 11.9 Å². The molecule has 0 saturated heterocycles. The molecule has 0 atom stereocenters. The largest absolute Gasteiger partial charge is 0.478 e. The van der Waals surface area contributed by atoms with Gasteiger partial charge in [-0.15, -0.1) is 0 Å². The molecule has 0 aromatic heterocycles. The minimum atomic E-state index is -1.16. The number of carboxylic acids is 1. The molecule has 0 aliphatic carbocycles. The summed E-state index contributed by atoms with van der Waals surface area (Å²) < 4.78 is 1.03. The third kappa shape index (κ3) is 4.92. The van der Waals surface area contributed by atoms with Crippen molar-refractivity contribution in [1.82, 2.24) is 5.32 Å². The zero-order valence-electron chi connectivity index (χ0n) is 12.1. The number of rotatable bonds is 3. The zero-order chi connectivity index (χ0) is 18.7. The van der Waals surface area contributed by atoms with Crippen molar-refractivity contribution in [2.24, 2.45) is 0 Å². The summed E-state index contributed by atoms with van der Waals surface area (Å²) in [6.45, 7) is 0. The van der Waals surface area contributed by atoms with Gasteiger partial charge in [0.25, 0.3) is 5.91 Å². The number of anilines is 1. The number of nitrogens with one attached hydrogen (secondary N) is 2. The molecular formula is C15H8Br2Cl2N2O3S. The van der Waals surface area contributed by atoms with Crippen molar-refractivity contribution >= 4 is 90.0 Å². The van der Waals surface area contributed by atoms with Gasteiger partial charge in [-0.1, -0.05) is 45.2 Å². The molecule has 0 bridgehead atoms. The van der Waals surface area contributed by atoms with Gasteiger partial charge in [-0.2, -0.15) is 0 Å². The van der Waals surface area contributed by atoms with E-state index in [1.54, 1.807) is 18.2 Å². The van der Waals surface area contributed by atoms with Crippen LogP contribution in [0.25, 0.3) is 0 Å². The molecule has 2 aromatic rings. The highest BCUT2D eigenvalue weighted by atomic mass is 79.9. The van der Waals surface area contributed by atoms with E-state index in [1.807, 2.05) is 0 Å². The molecular weight excluding hydrogens is 519 g/mol. The molecule has 0 saturated carbocycles. The van der Waals surface area contributed by atoms with Crippen LogP contribution < -0.4 is 10.6 Å². The highest BCUT2D eigenvalue weighted by Crippen LogP contribution is 2.31. The molecule has 1 amide bonds. The van der Waals surface area contributed by atoms with Crippen molar-refractivity contribution in [3.8, 4) is 0 Å². The fraction of sp³-hybridized carbons (Fsp3) is 0. The van der Waals surface area contributed by atoms with Gasteiger partial charge in [0, 0.05) is 8.95 Å². The Balaban J connectivity index is 2.22. The Morgan fingerprint density at radius 1 is 1.12 bits per heavy atom. The number of carbonyl (C=O) groups excluding carboxylic acids is 1. The molecule has 0 fully saturated rings. The lowest BCUT2D eigenvalue weighted by molar-refractivity contribution is 0.0697. The number of aromatic carboxylic acids is 1. The van der Waals surface area contributed by atoms with Crippen LogP contribution in [0.15, 0.2) is 39.3 Å². The number of carboxylic acid groups (broad SMARTS) is 1. The van der Waals surface area contributed by atoms with Gasteiger partial charge in [0.1, 0.15) is 0 Å². The number of hydrogen-bond donors (Lipinski definition) is 3. The van der Waals surface area contributed by atoms with Crippen LogP contribution >= 0.6 is 67.3 Å². The third-order valence-corrected chi connectivity index (χ3v) is 5.05. The number of thiocarbonyl (C=S) groups is 1. The number of hydrogen-bond acceptors (Lipinski definition) is 3. The van der Waals surface area contributed by atoms with Crippen LogP contribution in [0.2, 0.25) is 10.0 Å². The van der Waals surface area contributed by atoms with Gasteiger partial charge in [0.15, 0.2) is 5.11 Å². The summed E-state index contributed by atoms with van der Waals surface area (Å²) in [5.41, 5.74) is 0.323. The van der Waals surface area contributed by atoms with E-state index in [4.69, 9.17) is 35.4 Å². The quantitative estimate of drug-likeness (QED) is 0.470. The van der Waals surface area contributed by atoms with Crippen LogP contribution in [0.4, 0.5) is 5.69 Å².